The molecule has 0 atom stereocenters. The molecule has 4 rings (SSSR count). The van der Waals surface area contributed by atoms with Crippen molar-refractivity contribution in [2.24, 2.45) is 0 Å². The molecule has 0 amide bonds. The van der Waals surface area contributed by atoms with Crippen molar-refractivity contribution < 1.29 is 0 Å². The van der Waals surface area contributed by atoms with Gasteiger partial charge in [0.2, 0.25) is 5.13 Å². The molecule has 106 valence electrons. The number of fused-ring (bicyclic) bond motifs is 1. The minimum absolute atomic E-state index is 0.711. The van der Waals surface area contributed by atoms with E-state index >= 15 is 0 Å². The topological polar surface area (TPSA) is 63.6 Å². The smallest absolute Gasteiger partial charge is 0.211 e. The van der Waals surface area contributed by atoms with Crippen molar-refractivity contribution in [3.05, 3.63) is 60.9 Å². The molecule has 0 aliphatic carbocycles. The van der Waals surface area contributed by atoms with Gasteiger partial charge in [0.1, 0.15) is 17.2 Å². The van der Waals surface area contributed by atoms with Crippen molar-refractivity contribution in [2.45, 2.75) is 0 Å². The molecule has 0 saturated carbocycles. The first-order chi connectivity index (χ1) is 10.9. The summed E-state index contributed by atoms with van der Waals surface area (Å²) in [5.74, 6) is 0.737. The molecule has 2 heterocycles. The van der Waals surface area contributed by atoms with Gasteiger partial charge in [-0.05, 0) is 12.1 Å². The van der Waals surface area contributed by atoms with E-state index in [1.54, 1.807) is 6.33 Å². The van der Waals surface area contributed by atoms with Gasteiger partial charge in [-0.1, -0.05) is 53.8 Å². The van der Waals surface area contributed by atoms with Gasteiger partial charge in [0.25, 0.3) is 0 Å². The molecular weight excluding hydrogens is 294 g/mol. The van der Waals surface area contributed by atoms with Crippen molar-refractivity contribution >= 4 is 33.2 Å². The van der Waals surface area contributed by atoms with Crippen LogP contribution in [-0.2, 0) is 0 Å². The van der Waals surface area contributed by atoms with Gasteiger partial charge in [-0.3, -0.25) is 0 Å². The second-order valence-corrected chi connectivity index (χ2v) is 5.62. The van der Waals surface area contributed by atoms with Gasteiger partial charge < -0.3 is 5.32 Å². The van der Waals surface area contributed by atoms with Crippen LogP contribution in [0.5, 0.6) is 0 Å². The zero-order chi connectivity index (χ0) is 14.8. The molecule has 0 spiro atoms. The number of anilines is 2. The van der Waals surface area contributed by atoms with Gasteiger partial charge in [-0.25, -0.2) is 9.97 Å². The van der Waals surface area contributed by atoms with Crippen LogP contribution < -0.4 is 5.32 Å². The van der Waals surface area contributed by atoms with Gasteiger partial charge in [-0.15, -0.1) is 10.2 Å². The Bertz CT molecular complexity index is 915. The lowest BCUT2D eigenvalue weighted by atomic mass is 10.2. The molecule has 2 aromatic heterocycles. The fraction of sp³-hybridized carbons (Fsp3) is 0. The summed E-state index contributed by atoms with van der Waals surface area (Å²) < 4.78 is 0. The molecule has 0 saturated heterocycles. The number of rotatable bonds is 3. The van der Waals surface area contributed by atoms with Crippen LogP contribution in [0.2, 0.25) is 0 Å². The normalized spacial score (nSPS) is 10.7. The fourth-order valence-electron chi connectivity index (χ4n) is 2.18. The first-order valence-electron chi connectivity index (χ1n) is 6.76. The third-order valence-electron chi connectivity index (χ3n) is 3.21. The number of hydrogen-bond donors (Lipinski definition) is 1. The summed E-state index contributed by atoms with van der Waals surface area (Å²) >= 11 is 1.50. The summed E-state index contributed by atoms with van der Waals surface area (Å²) in [4.78, 5) is 8.55. The SMILES string of the molecule is c1ccc(-c2nnc(Nc3ncnc4ccccc34)s2)cc1. The lowest BCUT2D eigenvalue weighted by Crippen LogP contribution is -1.95. The maximum atomic E-state index is 4.30. The molecule has 22 heavy (non-hydrogen) atoms. The van der Waals surface area contributed by atoms with Crippen molar-refractivity contribution in [3.63, 3.8) is 0 Å². The lowest BCUT2D eigenvalue weighted by molar-refractivity contribution is 1.09. The Balaban J connectivity index is 1.68. The van der Waals surface area contributed by atoms with Crippen LogP contribution in [-0.4, -0.2) is 20.2 Å². The summed E-state index contributed by atoms with van der Waals surface area (Å²) in [7, 11) is 0. The highest BCUT2D eigenvalue weighted by atomic mass is 32.1. The van der Waals surface area contributed by atoms with E-state index in [-0.39, 0.29) is 0 Å². The summed E-state index contributed by atoms with van der Waals surface area (Å²) in [6.45, 7) is 0. The van der Waals surface area contributed by atoms with Gasteiger partial charge in [-0.2, -0.15) is 0 Å². The van der Waals surface area contributed by atoms with Crippen molar-refractivity contribution in [1.82, 2.24) is 20.2 Å². The monoisotopic (exact) mass is 305 g/mol. The largest absolute Gasteiger partial charge is 0.314 e. The molecule has 0 aliphatic rings. The Hall–Kier alpha value is -2.86. The molecule has 1 N–H and O–H groups in total. The first kappa shape index (κ1) is 12.8. The van der Waals surface area contributed by atoms with Gasteiger partial charge >= 0.3 is 0 Å². The van der Waals surface area contributed by atoms with Crippen LogP contribution in [0, 0.1) is 0 Å². The molecule has 2 aromatic carbocycles. The summed E-state index contributed by atoms with van der Waals surface area (Å²) in [5, 5.41) is 14.2. The lowest BCUT2D eigenvalue weighted by Gasteiger charge is -2.04. The Morgan fingerprint density at radius 3 is 2.55 bits per heavy atom. The third kappa shape index (κ3) is 2.40. The average Bonchev–Trinajstić information content (AvgIpc) is 3.05. The number of hydrogen-bond acceptors (Lipinski definition) is 6. The predicted octanol–water partition coefficient (Wildman–Crippen LogP) is 3.89. The Morgan fingerprint density at radius 2 is 1.64 bits per heavy atom. The molecule has 5 nitrogen and oxygen atoms in total. The van der Waals surface area contributed by atoms with Gasteiger partial charge in [0.15, 0.2) is 0 Å². The van der Waals surface area contributed by atoms with Crippen LogP contribution in [0.3, 0.4) is 0 Å². The van der Waals surface area contributed by atoms with Crippen LogP contribution in [0.1, 0.15) is 0 Å². The van der Waals surface area contributed by atoms with Crippen molar-refractivity contribution in [3.8, 4) is 10.6 Å². The summed E-state index contributed by atoms with van der Waals surface area (Å²) in [6.07, 6.45) is 1.55. The molecule has 0 bridgehead atoms. The Morgan fingerprint density at radius 1 is 0.818 bits per heavy atom. The molecule has 0 radical (unpaired) electrons. The molecule has 4 aromatic rings. The second-order valence-electron chi connectivity index (χ2n) is 4.64. The number of para-hydroxylation sites is 1. The predicted molar refractivity (Wildman–Crippen MR) is 88.2 cm³/mol. The van der Waals surface area contributed by atoms with Gasteiger partial charge in [0, 0.05) is 10.9 Å². The molecular formula is C16H11N5S. The maximum absolute atomic E-state index is 4.30. The number of aromatic nitrogens is 4. The standard InChI is InChI=1S/C16H11N5S/c1-2-6-11(7-3-1)15-20-21-16(22-15)19-14-12-8-4-5-9-13(12)17-10-18-14/h1-10H,(H,17,18,19,21). The van der Waals surface area contributed by atoms with E-state index in [1.807, 2.05) is 54.6 Å². The van der Waals surface area contributed by atoms with E-state index in [2.05, 4.69) is 25.5 Å². The average molecular weight is 305 g/mol. The van der Waals surface area contributed by atoms with Crippen molar-refractivity contribution in [1.29, 1.82) is 0 Å². The number of nitrogens with zero attached hydrogens (tertiary/aromatic N) is 4. The van der Waals surface area contributed by atoms with Gasteiger partial charge in [0.05, 0.1) is 5.52 Å². The highest BCUT2D eigenvalue weighted by molar-refractivity contribution is 7.18. The molecule has 0 unspecified atom stereocenters. The third-order valence-corrected chi connectivity index (χ3v) is 4.10. The highest BCUT2D eigenvalue weighted by Crippen LogP contribution is 2.29. The van der Waals surface area contributed by atoms with Crippen LogP contribution in [0.25, 0.3) is 21.5 Å². The van der Waals surface area contributed by atoms with E-state index in [1.165, 1.54) is 11.3 Å². The van der Waals surface area contributed by atoms with E-state index in [4.69, 9.17) is 0 Å². The van der Waals surface area contributed by atoms with Crippen LogP contribution >= 0.6 is 11.3 Å². The van der Waals surface area contributed by atoms with Crippen LogP contribution in [0.15, 0.2) is 60.9 Å². The highest BCUT2D eigenvalue weighted by Gasteiger charge is 2.09. The van der Waals surface area contributed by atoms with E-state index in [0.717, 1.165) is 27.3 Å². The van der Waals surface area contributed by atoms with Crippen molar-refractivity contribution in [2.75, 3.05) is 5.32 Å². The molecule has 0 fully saturated rings. The second kappa shape index (κ2) is 5.50. The van der Waals surface area contributed by atoms with E-state index in [9.17, 15) is 0 Å². The summed E-state index contributed by atoms with van der Waals surface area (Å²) in [5.41, 5.74) is 1.95. The Kier molecular flexibility index (Phi) is 3.21. The summed E-state index contributed by atoms with van der Waals surface area (Å²) in [6, 6.07) is 17.9. The van der Waals surface area contributed by atoms with E-state index < -0.39 is 0 Å². The zero-order valence-electron chi connectivity index (χ0n) is 11.5. The fourth-order valence-corrected chi connectivity index (χ4v) is 2.92. The first-order valence-corrected chi connectivity index (χ1v) is 7.57. The molecule has 6 heteroatoms. The minimum atomic E-state index is 0.711. The van der Waals surface area contributed by atoms with E-state index in [0.29, 0.717) is 5.13 Å². The quantitative estimate of drug-likeness (QED) is 0.622. The Labute approximate surface area is 130 Å². The zero-order valence-corrected chi connectivity index (χ0v) is 12.3. The number of benzene rings is 2. The van der Waals surface area contributed by atoms with Crippen LogP contribution in [0.4, 0.5) is 10.9 Å². The maximum Gasteiger partial charge on any atom is 0.211 e. The minimum Gasteiger partial charge on any atom is -0.314 e. The molecule has 0 aliphatic heterocycles. The number of nitrogens with one attached hydrogen (secondary N) is 1.